The molecule has 1 aliphatic carbocycles. The maximum Gasteiger partial charge on any atom is 0.350 e. The maximum absolute atomic E-state index is 13.6. The Morgan fingerprint density at radius 1 is 1.26 bits per heavy atom. The quantitative estimate of drug-likeness (QED) is 0.492. The number of aliphatic carboxylic acids is 1. The van der Waals surface area contributed by atoms with Gasteiger partial charge in [0.25, 0.3) is 0 Å². The van der Waals surface area contributed by atoms with Crippen molar-refractivity contribution < 1.29 is 24.2 Å². The van der Waals surface area contributed by atoms with E-state index in [9.17, 15) is 19.5 Å². The first-order chi connectivity index (χ1) is 14.5. The lowest BCUT2D eigenvalue weighted by Crippen LogP contribution is -2.48. The van der Waals surface area contributed by atoms with Crippen LogP contribution in [0.15, 0.2) is 6.07 Å². The number of ether oxygens (including phenoxy) is 1. The lowest BCUT2D eigenvalue weighted by Gasteiger charge is -2.34. The molecule has 1 fully saturated rings. The van der Waals surface area contributed by atoms with Crippen LogP contribution in [0, 0.1) is 29.1 Å². The summed E-state index contributed by atoms with van der Waals surface area (Å²) in [5.74, 6) is 4.57. The van der Waals surface area contributed by atoms with Crippen molar-refractivity contribution in [3.63, 3.8) is 0 Å². The molecule has 0 spiro atoms. The molecule has 1 aliphatic rings. The van der Waals surface area contributed by atoms with E-state index >= 15 is 0 Å². The summed E-state index contributed by atoms with van der Waals surface area (Å²) < 4.78 is 4.94. The van der Waals surface area contributed by atoms with Crippen LogP contribution in [0.4, 0.5) is 5.69 Å². The van der Waals surface area contributed by atoms with Crippen LogP contribution < -0.4 is 4.90 Å². The Bertz CT molecular complexity index is 878. The molecule has 1 saturated carbocycles. The molecular formula is C24H33NO5S. The van der Waals surface area contributed by atoms with Crippen molar-refractivity contribution in [2.75, 3.05) is 12.0 Å². The van der Waals surface area contributed by atoms with Gasteiger partial charge >= 0.3 is 11.9 Å². The molecule has 31 heavy (non-hydrogen) atoms. The van der Waals surface area contributed by atoms with Crippen molar-refractivity contribution in [2.45, 2.75) is 72.8 Å². The highest BCUT2D eigenvalue weighted by atomic mass is 32.1. The number of rotatable bonds is 6. The molecule has 1 aromatic heterocycles. The smallest absolute Gasteiger partial charge is 0.350 e. The molecule has 0 aliphatic heterocycles. The number of esters is 1. The fourth-order valence-electron chi connectivity index (χ4n) is 3.72. The molecular weight excluding hydrogens is 414 g/mol. The standard InChI is InChI=1S/C24H33NO5S/c1-7-18(22(27)28)25(21(26)16-10-8-15(2)9-11-16)19-14-17(12-13-24(3,4)5)31-20(19)23(29)30-6/h14-16,18H,7-11H2,1-6H3,(H,27,28)/t15?,16?,18-/m0/s1. The molecule has 1 N–H and O–H groups in total. The molecule has 1 atom stereocenters. The summed E-state index contributed by atoms with van der Waals surface area (Å²) in [5.41, 5.74) is 0.0459. The second kappa shape index (κ2) is 10.3. The molecule has 1 heterocycles. The number of nitrogens with zero attached hydrogens (tertiary/aromatic N) is 1. The summed E-state index contributed by atoms with van der Waals surface area (Å²) in [6, 6.07) is 0.596. The third kappa shape index (κ3) is 6.33. The van der Waals surface area contributed by atoms with Crippen LogP contribution in [0.5, 0.6) is 0 Å². The van der Waals surface area contributed by atoms with E-state index < -0.39 is 18.0 Å². The van der Waals surface area contributed by atoms with Crippen LogP contribution in [0.2, 0.25) is 0 Å². The Labute approximate surface area is 189 Å². The van der Waals surface area contributed by atoms with Gasteiger partial charge in [0, 0.05) is 11.3 Å². The summed E-state index contributed by atoms with van der Waals surface area (Å²) in [4.78, 5) is 40.3. The van der Waals surface area contributed by atoms with Crippen LogP contribution in [-0.2, 0) is 14.3 Å². The van der Waals surface area contributed by atoms with Gasteiger partial charge in [-0.05, 0) is 64.9 Å². The molecule has 1 aromatic rings. The Morgan fingerprint density at radius 2 is 1.87 bits per heavy atom. The van der Waals surface area contributed by atoms with Gasteiger partial charge in [0.2, 0.25) is 5.91 Å². The third-order valence-electron chi connectivity index (χ3n) is 5.49. The number of anilines is 1. The normalized spacial score (nSPS) is 19.7. The number of amides is 1. The molecule has 1 amide bonds. The van der Waals surface area contributed by atoms with Crippen molar-refractivity contribution in [3.8, 4) is 11.8 Å². The molecule has 2 rings (SSSR count). The number of carbonyl (C=O) groups excluding carboxylic acids is 2. The van der Waals surface area contributed by atoms with Crippen LogP contribution in [-0.4, -0.2) is 36.1 Å². The lowest BCUT2D eigenvalue weighted by atomic mass is 9.82. The minimum Gasteiger partial charge on any atom is -0.480 e. The number of hydrogen-bond acceptors (Lipinski definition) is 5. The molecule has 0 radical (unpaired) electrons. The molecule has 170 valence electrons. The van der Waals surface area contributed by atoms with E-state index in [-0.39, 0.29) is 34.2 Å². The first kappa shape index (κ1) is 24.9. The molecule has 0 bridgehead atoms. The van der Waals surface area contributed by atoms with Gasteiger partial charge in [-0.2, -0.15) is 0 Å². The Hall–Kier alpha value is -2.33. The zero-order chi connectivity index (χ0) is 23.3. The van der Waals surface area contributed by atoms with Gasteiger partial charge in [-0.25, -0.2) is 9.59 Å². The number of methoxy groups -OCH3 is 1. The van der Waals surface area contributed by atoms with Crippen LogP contribution in [0.1, 0.15) is 81.3 Å². The zero-order valence-electron chi connectivity index (χ0n) is 19.3. The Balaban J connectivity index is 2.59. The number of thiophene rings is 1. The number of carboxylic acid groups (broad SMARTS) is 1. The molecule has 6 nitrogen and oxygen atoms in total. The van der Waals surface area contributed by atoms with Crippen LogP contribution >= 0.6 is 11.3 Å². The number of carboxylic acids is 1. The Kier molecular flexibility index (Phi) is 8.30. The molecule has 7 heteroatoms. The predicted molar refractivity (Wildman–Crippen MR) is 122 cm³/mol. The van der Waals surface area contributed by atoms with E-state index in [1.165, 1.54) is 12.0 Å². The predicted octanol–water partition coefficient (Wildman–Crippen LogP) is 4.95. The van der Waals surface area contributed by atoms with E-state index in [1.807, 2.05) is 20.8 Å². The average molecular weight is 448 g/mol. The largest absolute Gasteiger partial charge is 0.480 e. The minimum absolute atomic E-state index is 0.206. The summed E-state index contributed by atoms with van der Waals surface area (Å²) in [6.07, 6.45) is 3.54. The van der Waals surface area contributed by atoms with Crippen molar-refractivity contribution in [3.05, 3.63) is 15.8 Å². The topological polar surface area (TPSA) is 83.9 Å². The minimum atomic E-state index is -1.09. The second-order valence-electron chi connectivity index (χ2n) is 9.24. The Morgan fingerprint density at radius 3 is 2.35 bits per heavy atom. The fourth-order valence-corrected chi connectivity index (χ4v) is 4.64. The lowest BCUT2D eigenvalue weighted by molar-refractivity contribution is -0.140. The van der Waals surface area contributed by atoms with Gasteiger partial charge in [-0.1, -0.05) is 25.7 Å². The first-order valence-electron chi connectivity index (χ1n) is 10.8. The van der Waals surface area contributed by atoms with Crippen LogP contribution in [0.3, 0.4) is 0 Å². The van der Waals surface area contributed by atoms with Gasteiger partial charge < -0.3 is 9.84 Å². The number of hydrogen-bond donors (Lipinski definition) is 1. The first-order valence-corrected chi connectivity index (χ1v) is 11.6. The monoisotopic (exact) mass is 447 g/mol. The van der Waals surface area contributed by atoms with Crippen molar-refractivity contribution in [1.29, 1.82) is 0 Å². The van der Waals surface area contributed by atoms with Gasteiger partial charge in [-0.3, -0.25) is 9.69 Å². The number of carbonyl (C=O) groups is 3. The zero-order valence-corrected chi connectivity index (χ0v) is 20.1. The van der Waals surface area contributed by atoms with Crippen molar-refractivity contribution in [2.24, 2.45) is 17.3 Å². The average Bonchev–Trinajstić information content (AvgIpc) is 3.13. The van der Waals surface area contributed by atoms with E-state index in [2.05, 4.69) is 18.8 Å². The van der Waals surface area contributed by atoms with E-state index in [0.717, 1.165) is 37.0 Å². The summed E-state index contributed by atoms with van der Waals surface area (Å²) >= 11 is 1.13. The highest BCUT2D eigenvalue weighted by Crippen LogP contribution is 2.37. The fraction of sp³-hybridized carbons (Fsp3) is 0.625. The highest BCUT2D eigenvalue weighted by molar-refractivity contribution is 7.15. The van der Waals surface area contributed by atoms with Crippen molar-refractivity contribution in [1.82, 2.24) is 0 Å². The van der Waals surface area contributed by atoms with Gasteiger partial charge in [-0.15, -0.1) is 11.3 Å². The summed E-state index contributed by atoms with van der Waals surface area (Å²) in [6.45, 7) is 9.83. The molecule has 0 unspecified atom stereocenters. The second-order valence-corrected chi connectivity index (χ2v) is 10.3. The van der Waals surface area contributed by atoms with Gasteiger partial charge in [0.05, 0.1) is 17.7 Å². The molecule has 0 aromatic carbocycles. The maximum atomic E-state index is 13.6. The van der Waals surface area contributed by atoms with E-state index in [0.29, 0.717) is 10.8 Å². The highest BCUT2D eigenvalue weighted by Gasteiger charge is 2.38. The summed E-state index contributed by atoms with van der Waals surface area (Å²) in [7, 11) is 1.27. The van der Waals surface area contributed by atoms with E-state index in [1.54, 1.807) is 13.0 Å². The summed E-state index contributed by atoms with van der Waals surface area (Å²) in [5, 5.41) is 9.86. The SMILES string of the molecule is CC[C@@H](C(=O)O)N(C(=O)C1CCC(C)CC1)c1cc(C#CC(C)(C)C)sc1C(=O)OC. The van der Waals surface area contributed by atoms with Crippen molar-refractivity contribution >= 4 is 34.9 Å². The van der Waals surface area contributed by atoms with Crippen LogP contribution in [0.25, 0.3) is 0 Å². The van der Waals surface area contributed by atoms with Gasteiger partial charge in [0.1, 0.15) is 10.9 Å². The van der Waals surface area contributed by atoms with E-state index in [4.69, 9.17) is 4.74 Å². The van der Waals surface area contributed by atoms with Gasteiger partial charge in [0.15, 0.2) is 0 Å². The molecule has 0 saturated heterocycles. The third-order valence-corrected chi connectivity index (χ3v) is 6.51.